The normalized spacial score (nSPS) is 17.2. The topological polar surface area (TPSA) is 268 Å². The molecule has 408 valence electrons. The summed E-state index contributed by atoms with van der Waals surface area (Å²) in [5.41, 5.74) is 5.92. The molecule has 0 spiro atoms. The minimum absolute atomic E-state index is 0.0351. The number of aromatic nitrogens is 1. The van der Waals surface area contributed by atoms with E-state index in [1.807, 2.05) is 27.7 Å². The van der Waals surface area contributed by atoms with Gasteiger partial charge in [0.15, 0.2) is 17.6 Å². The van der Waals surface area contributed by atoms with E-state index in [0.717, 1.165) is 21.4 Å². The van der Waals surface area contributed by atoms with Gasteiger partial charge in [-0.3, -0.25) is 58.1 Å². The van der Waals surface area contributed by atoms with Crippen LogP contribution >= 0.6 is 11.3 Å². The number of ether oxygens (including phenoxy) is 2. The number of fused-ring (bicyclic) bond motifs is 1. The summed E-state index contributed by atoms with van der Waals surface area (Å²) in [6.07, 6.45) is 1.53. The van der Waals surface area contributed by atoms with Gasteiger partial charge in [-0.25, -0.2) is 4.98 Å². The number of amides is 5. The molecule has 5 amide bonds. The lowest BCUT2D eigenvalue weighted by Gasteiger charge is -2.38. The standard InChI is InChI=1S/C53H78N8O12S/c1-16-30(6)45(57-52(71)53(11,12)58(13)14)50(68)59(15)39(29(4)5)27-41(72-34(10)62)47-56-38(28-74-47)46(65)44(36(54)25-33(9)51(69)70)35-19-20-40-37(26-35)55-42(63)21-23-60(48(66)31(7)17-2)61(24-22-43(64)73-40)49(67)32(8)18-3/h17-20,26,28-33,36,39,41,44-45H,2-3,16,21-25,27,54H2,1,4-15H3,(H,55,63)(H,57,71)(H,69,70)/t30-,31?,32?,33?,36+,39+,41+,44?,45-/m0/s1. The third-order valence-corrected chi connectivity index (χ3v) is 14.8. The van der Waals surface area contributed by atoms with Gasteiger partial charge in [0.2, 0.25) is 29.5 Å². The number of benzene rings is 1. The Hall–Kier alpha value is -6.32. The number of carboxylic acid groups (broad SMARTS) is 1. The van der Waals surface area contributed by atoms with Crippen LogP contribution in [0.3, 0.4) is 0 Å². The lowest BCUT2D eigenvalue weighted by Crippen LogP contribution is -2.60. The molecule has 2 aromatic rings. The van der Waals surface area contributed by atoms with Gasteiger partial charge in [0.1, 0.15) is 16.7 Å². The first-order chi connectivity index (χ1) is 34.5. The van der Waals surface area contributed by atoms with Crippen molar-refractivity contribution >= 4 is 70.3 Å². The molecule has 2 heterocycles. The summed E-state index contributed by atoms with van der Waals surface area (Å²) in [4.78, 5) is 130. The summed E-state index contributed by atoms with van der Waals surface area (Å²) in [6.45, 7) is 23.8. The number of hydrazine groups is 1. The monoisotopic (exact) mass is 1050 g/mol. The van der Waals surface area contributed by atoms with Crippen molar-refractivity contribution in [2.75, 3.05) is 39.5 Å². The first-order valence-electron chi connectivity index (χ1n) is 24.9. The van der Waals surface area contributed by atoms with E-state index >= 15 is 0 Å². The summed E-state index contributed by atoms with van der Waals surface area (Å²) in [5, 5.41) is 19.5. The Balaban J connectivity index is 2.11. The number of nitrogens with one attached hydrogen (secondary N) is 2. The Bertz CT molecular complexity index is 2400. The Morgan fingerprint density at radius 1 is 0.959 bits per heavy atom. The summed E-state index contributed by atoms with van der Waals surface area (Å²) in [5.74, 6) is -9.98. The first kappa shape index (κ1) is 62.0. The summed E-state index contributed by atoms with van der Waals surface area (Å²) < 4.78 is 11.6. The van der Waals surface area contributed by atoms with Gasteiger partial charge in [-0.1, -0.05) is 73.1 Å². The van der Waals surface area contributed by atoms with Crippen molar-refractivity contribution in [2.24, 2.45) is 35.3 Å². The van der Waals surface area contributed by atoms with Crippen molar-refractivity contribution < 1.29 is 57.7 Å². The molecule has 74 heavy (non-hydrogen) atoms. The van der Waals surface area contributed by atoms with Crippen LogP contribution in [0.1, 0.15) is 134 Å². The fourth-order valence-electron chi connectivity index (χ4n) is 8.12. The van der Waals surface area contributed by atoms with Crippen molar-refractivity contribution in [3.8, 4) is 5.75 Å². The van der Waals surface area contributed by atoms with Crippen molar-refractivity contribution in [1.82, 2.24) is 30.1 Å². The van der Waals surface area contributed by atoms with Crippen LogP contribution in [0.5, 0.6) is 5.75 Å². The number of likely N-dealkylation sites (N-methyl/N-ethyl adjacent to an activating group) is 2. The molecular formula is C53H78N8O12S. The zero-order valence-electron chi connectivity index (χ0n) is 45.3. The van der Waals surface area contributed by atoms with Gasteiger partial charge < -0.3 is 35.8 Å². The number of rotatable bonds is 23. The maximum atomic E-state index is 14.9. The van der Waals surface area contributed by atoms with E-state index in [1.54, 1.807) is 58.6 Å². The van der Waals surface area contributed by atoms with E-state index in [0.29, 0.717) is 6.42 Å². The second-order valence-electron chi connectivity index (χ2n) is 20.2. The molecule has 9 atom stereocenters. The average molecular weight is 1050 g/mol. The van der Waals surface area contributed by atoms with Crippen LogP contribution in [0.2, 0.25) is 0 Å². The molecule has 0 aliphatic carbocycles. The van der Waals surface area contributed by atoms with Gasteiger partial charge in [-0.15, -0.1) is 24.5 Å². The fourth-order valence-corrected chi connectivity index (χ4v) is 8.97. The third-order valence-electron chi connectivity index (χ3n) is 13.9. The lowest BCUT2D eigenvalue weighted by molar-refractivity contribution is -0.168. The zero-order chi connectivity index (χ0) is 56.1. The molecule has 0 saturated heterocycles. The second kappa shape index (κ2) is 27.3. The smallest absolute Gasteiger partial charge is 0.313 e. The Labute approximate surface area is 439 Å². The predicted octanol–water partition coefficient (Wildman–Crippen LogP) is 5.75. The maximum absolute atomic E-state index is 14.9. The highest BCUT2D eigenvalue weighted by atomic mass is 32.1. The van der Waals surface area contributed by atoms with Gasteiger partial charge in [0.05, 0.1) is 54.4 Å². The van der Waals surface area contributed by atoms with E-state index in [9.17, 15) is 48.3 Å². The highest BCUT2D eigenvalue weighted by Gasteiger charge is 2.40. The third kappa shape index (κ3) is 15.8. The number of hydrogen-bond donors (Lipinski definition) is 4. The van der Waals surface area contributed by atoms with Crippen LogP contribution in [-0.4, -0.2) is 141 Å². The van der Waals surface area contributed by atoms with Crippen LogP contribution in [0.15, 0.2) is 48.9 Å². The Kier molecular flexibility index (Phi) is 22.9. The molecule has 0 radical (unpaired) electrons. The molecule has 3 rings (SSSR count). The molecule has 0 fully saturated rings. The molecule has 4 unspecified atom stereocenters. The van der Waals surface area contributed by atoms with Crippen LogP contribution < -0.4 is 21.1 Å². The number of hydrogen-bond acceptors (Lipinski definition) is 15. The van der Waals surface area contributed by atoms with E-state index in [4.69, 9.17) is 15.2 Å². The number of thiazole rings is 1. The van der Waals surface area contributed by atoms with Crippen LogP contribution in [0, 0.1) is 29.6 Å². The van der Waals surface area contributed by atoms with Crippen molar-refractivity contribution in [1.29, 1.82) is 0 Å². The van der Waals surface area contributed by atoms with Crippen LogP contribution in [0.25, 0.3) is 0 Å². The minimum Gasteiger partial charge on any atom is -0.481 e. The summed E-state index contributed by atoms with van der Waals surface area (Å²) in [7, 11) is 5.19. The highest BCUT2D eigenvalue weighted by molar-refractivity contribution is 7.09. The van der Waals surface area contributed by atoms with E-state index in [-0.39, 0.29) is 90.1 Å². The predicted molar refractivity (Wildman–Crippen MR) is 280 cm³/mol. The van der Waals surface area contributed by atoms with Gasteiger partial charge in [0.25, 0.3) is 0 Å². The molecular weight excluding hydrogens is 973 g/mol. The Morgan fingerprint density at radius 3 is 2.05 bits per heavy atom. The molecule has 1 aliphatic rings. The molecule has 21 heteroatoms. The van der Waals surface area contributed by atoms with E-state index < -0.39 is 94.9 Å². The number of nitrogens with two attached hydrogens (primary N) is 1. The van der Waals surface area contributed by atoms with Crippen LogP contribution in [0.4, 0.5) is 5.69 Å². The van der Waals surface area contributed by atoms with Crippen molar-refractivity contribution in [3.05, 3.63) is 65.2 Å². The van der Waals surface area contributed by atoms with E-state index in [2.05, 4.69) is 28.8 Å². The number of anilines is 1. The van der Waals surface area contributed by atoms with Crippen molar-refractivity contribution in [2.45, 2.75) is 137 Å². The average Bonchev–Trinajstić information content (AvgIpc) is 3.84. The minimum atomic E-state index is -1.30. The number of carbonyl (C=O) groups excluding carboxylic acids is 8. The Morgan fingerprint density at radius 2 is 1.54 bits per heavy atom. The number of Topliss-reactive ketones (excluding diaryl/α,β-unsaturated/α-hetero) is 1. The van der Waals surface area contributed by atoms with Gasteiger partial charge in [-0.2, -0.15) is 0 Å². The first-order valence-corrected chi connectivity index (χ1v) is 25.8. The van der Waals surface area contributed by atoms with E-state index in [1.165, 1.54) is 49.6 Å². The molecule has 1 aliphatic heterocycles. The maximum Gasteiger partial charge on any atom is 0.313 e. The van der Waals surface area contributed by atoms with Crippen LogP contribution in [-0.2, 0) is 43.1 Å². The second-order valence-corrected chi connectivity index (χ2v) is 21.1. The molecule has 1 aromatic heterocycles. The van der Waals surface area contributed by atoms with Gasteiger partial charge >= 0.3 is 17.9 Å². The number of carboxylic acids is 1. The zero-order valence-corrected chi connectivity index (χ0v) is 46.1. The largest absolute Gasteiger partial charge is 0.481 e. The molecule has 5 N–H and O–H groups in total. The SMILES string of the molecule is C=CC(C)C(=O)N1CCC(=O)Nc2cc(C(C(=O)c3csc([C@@H](C[C@H](C(C)C)N(C)C(=O)[C@@H](NC(=O)C(C)(C)N(C)C)[C@@H](C)CC)OC(C)=O)n3)[C@H](N)CC(C)C(=O)O)ccc2OC(=O)CCN1C(=O)C(C)C=C. The highest BCUT2D eigenvalue weighted by Crippen LogP contribution is 2.36. The molecule has 0 saturated carbocycles. The molecule has 0 bridgehead atoms. The number of esters is 2. The summed E-state index contributed by atoms with van der Waals surface area (Å²) in [6, 6.07) is 1.64. The molecule has 1 aromatic carbocycles. The van der Waals surface area contributed by atoms with Gasteiger partial charge in [-0.05, 0) is 63.9 Å². The number of aliphatic carboxylic acids is 1. The summed E-state index contributed by atoms with van der Waals surface area (Å²) >= 11 is 1.03. The molecule has 20 nitrogen and oxygen atoms in total. The quantitative estimate of drug-likeness (QED) is 0.0447. The van der Waals surface area contributed by atoms with Crippen molar-refractivity contribution in [3.63, 3.8) is 0 Å². The fraction of sp³-hybridized carbons (Fsp3) is 0.585. The van der Waals surface area contributed by atoms with Gasteiger partial charge in [0, 0.05) is 44.3 Å². The number of ketones is 1. The number of nitrogens with zero attached hydrogens (tertiary/aromatic N) is 5. The lowest BCUT2D eigenvalue weighted by atomic mass is 9.82. The number of carbonyl (C=O) groups is 9.